The Morgan fingerprint density at radius 2 is 1.55 bits per heavy atom. The number of carboxylic acid groups (broad SMARTS) is 1. The van der Waals surface area contributed by atoms with E-state index in [1.165, 1.54) is 0 Å². The molecular formula is C26H30N2O5. The van der Waals surface area contributed by atoms with Gasteiger partial charge in [0.1, 0.15) is 18.7 Å². The van der Waals surface area contributed by atoms with Gasteiger partial charge in [-0.2, -0.15) is 0 Å². The Bertz CT molecular complexity index is 1000. The molecule has 4 rings (SSSR count). The number of benzene rings is 2. The second kappa shape index (κ2) is 9.65. The van der Waals surface area contributed by atoms with Crippen LogP contribution >= 0.6 is 0 Å². The minimum absolute atomic E-state index is 0.0614. The minimum Gasteiger partial charge on any atom is -0.480 e. The zero-order valence-electron chi connectivity index (χ0n) is 18.9. The van der Waals surface area contributed by atoms with Crippen LogP contribution in [-0.4, -0.2) is 41.8 Å². The first kappa shape index (κ1) is 22.8. The van der Waals surface area contributed by atoms with E-state index in [0.717, 1.165) is 41.5 Å². The highest BCUT2D eigenvalue weighted by Gasteiger charge is 2.36. The van der Waals surface area contributed by atoms with Crippen molar-refractivity contribution in [2.75, 3.05) is 6.61 Å². The molecule has 0 bridgehead atoms. The van der Waals surface area contributed by atoms with Gasteiger partial charge in [-0.1, -0.05) is 68.8 Å². The average Bonchev–Trinajstić information content (AvgIpc) is 3.07. The highest BCUT2D eigenvalue weighted by Crippen LogP contribution is 2.44. The number of aliphatic carboxylic acids is 1. The highest BCUT2D eigenvalue weighted by atomic mass is 16.5. The highest BCUT2D eigenvalue weighted by molar-refractivity contribution is 5.89. The van der Waals surface area contributed by atoms with Gasteiger partial charge >= 0.3 is 12.1 Å². The lowest BCUT2D eigenvalue weighted by Crippen LogP contribution is -2.56. The van der Waals surface area contributed by atoms with Crippen LogP contribution in [0.25, 0.3) is 11.1 Å². The molecule has 174 valence electrons. The molecule has 2 atom stereocenters. The van der Waals surface area contributed by atoms with Crippen molar-refractivity contribution in [3.05, 3.63) is 59.7 Å². The van der Waals surface area contributed by atoms with Crippen LogP contribution in [0.15, 0.2) is 48.5 Å². The van der Waals surface area contributed by atoms with Crippen LogP contribution in [0.2, 0.25) is 0 Å². The summed E-state index contributed by atoms with van der Waals surface area (Å²) in [5.41, 5.74) is 4.48. The second-order valence-corrected chi connectivity index (χ2v) is 9.21. The first-order valence-electron chi connectivity index (χ1n) is 11.5. The molecule has 2 aliphatic rings. The Hall–Kier alpha value is -3.35. The number of carboxylic acids is 1. The van der Waals surface area contributed by atoms with E-state index >= 15 is 0 Å². The lowest BCUT2D eigenvalue weighted by molar-refractivity contribution is -0.145. The molecule has 7 heteroatoms. The van der Waals surface area contributed by atoms with E-state index in [4.69, 9.17) is 4.74 Å². The normalized spacial score (nSPS) is 16.8. The molecule has 0 saturated heterocycles. The molecule has 0 aromatic heterocycles. The van der Waals surface area contributed by atoms with Crippen LogP contribution in [0.5, 0.6) is 0 Å². The molecule has 2 aliphatic carbocycles. The number of nitrogens with one attached hydrogen (secondary N) is 2. The van der Waals surface area contributed by atoms with Crippen molar-refractivity contribution >= 4 is 18.0 Å². The van der Waals surface area contributed by atoms with Gasteiger partial charge in [-0.15, -0.1) is 0 Å². The predicted molar refractivity (Wildman–Crippen MR) is 124 cm³/mol. The van der Waals surface area contributed by atoms with Crippen molar-refractivity contribution in [1.29, 1.82) is 0 Å². The molecule has 0 heterocycles. The number of hydrogen-bond donors (Lipinski definition) is 3. The number of hydrogen-bond acceptors (Lipinski definition) is 4. The molecule has 2 aromatic carbocycles. The van der Waals surface area contributed by atoms with Crippen LogP contribution in [0, 0.1) is 11.8 Å². The summed E-state index contributed by atoms with van der Waals surface area (Å²) in [6.07, 6.45) is 1.84. The van der Waals surface area contributed by atoms with E-state index in [2.05, 4.69) is 22.8 Å². The van der Waals surface area contributed by atoms with Gasteiger partial charge in [0.25, 0.3) is 0 Å². The number of carbonyl (C=O) groups is 3. The van der Waals surface area contributed by atoms with Crippen LogP contribution in [0.3, 0.4) is 0 Å². The summed E-state index contributed by atoms with van der Waals surface area (Å²) in [4.78, 5) is 37.1. The van der Waals surface area contributed by atoms with E-state index in [9.17, 15) is 19.5 Å². The Morgan fingerprint density at radius 3 is 2.03 bits per heavy atom. The van der Waals surface area contributed by atoms with Gasteiger partial charge < -0.3 is 20.5 Å². The zero-order chi connectivity index (χ0) is 23.5. The molecular weight excluding hydrogens is 420 g/mol. The molecule has 1 unspecified atom stereocenters. The standard InChI is InChI=1S/C26H30N2O5/c1-15(2)22(24(29)27-23(25(30)31)16-8-7-9-16)28-26(32)33-14-21-19-12-5-3-10-17(19)18-11-4-6-13-20(18)21/h3-6,10-13,15-16,21-23H,7-9,14H2,1-2H3,(H,27,29)(H,28,32)(H,30,31)/t22-,23?/m0/s1. The van der Waals surface area contributed by atoms with E-state index in [-0.39, 0.29) is 24.4 Å². The van der Waals surface area contributed by atoms with Crippen LogP contribution < -0.4 is 10.6 Å². The predicted octanol–water partition coefficient (Wildman–Crippen LogP) is 3.92. The van der Waals surface area contributed by atoms with Crippen molar-refractivity contribution in [3.8, 4) is 11.1 Å². The van der Waals surface area contributed by atoms with Gasteiger partial charge in [-0.3, -0.25) is 4.79 Å². The topological polar surface area (TPSA) is 105 Å². The van der Waals surface area contributed by atoms with Gasteiger partial charge in [-0.25, -0.2) is 9.59 Å². The summed E-state index contributed by atoms with van der Waals surface area (Å²) >= 11 is 0. The molecule has 0 radical (unpaired) electrons. The number of fused-ring (bicyclic) bond motifs is 3. The number of carbonyl (C=O) groups excluding carboxylic acids is 2. The largest absolute Gasteiger partial charge is 0.480 e. The van der Waals surface area contributed by atoms with Gasteiger partial charge in [-0.05, 0) is 46.9 Å². The van der Waals surface area contributed by atoms with E-state index in [1.807, 2.05) is 36.4 Å². The summed E-state index contributed by atoms with van der Waals surface area (Å²) in [6, 6.07) is 14.3. The quantitative estimate of drug-likeness (QED) is 0.565. The van der Waals surface area contributed by atoms with E-state index in [0.29, 0.717) is 0 Å². The summed E-state index contributed by atoms with van der Waals surface area (Å²) in [5.74, 6) is -1.92. The number of amides is 2. The lowest BCUT2D eigenvalue weighted by Gasteiger charge is -2.33. The maximum atomic E-state index is 12.8. The maximum absolute atomic E-state index is 12.8. The van der Waals surface area contributed by atoms with Gasteiger partial charge in [0, 0.05) is 5.92 Å². The molecule has 1 fully saturated rings. The second-order valence-electron chi connectivity index (χ2n) is 9.21. The van der Waals surface area contributed by atoms with Gasteiger partial charge in [0.15, 0.2) is 0 Å². The minimum atomic E-state index is -1.04. The zero-order valence-corrected chi connectivity index (χ0v) is 18.9. The van der Waals surface area contributed by atoms with Crippen LogP contribution in [0.4, 0.5) is 4.79 Å². The third kappa shape index (κ3) is 4.72. The average molecular weight is 451 g/mol. The van der Waals surface area contributed by atoms with E-state index in [1.54, 1.807) is 13.8 Å². The monoisotopic (exact) mass is 450 g/mol. The number of rotatable bonds is 8. The Kier molecular flexibility index (Phi) is 6.67. The molecule has 3 N–H and O–H groups in total. The molecule has 0 aliphatic heterocycles. The van der Waals surface area contributed by atoms with Gasteiger partial charge in [0.2, 0.25) is 5.91 Å². The lowest BCUT2D eigenvalue weighted by atomic mass is 9.79. The molecule has 2 aromatic rings. The van der Waals surface area contributed by atoms with Crippen molar-refractivity contribution in [1.82, 2.24) is 10.6 Å². The Labute approximate surface area is 193 Å². The van der Waals surface area contributed by atoms with Crippen molar-refractivity contribution in [2.45, 2.75) is 51.1 Å². The maximum Gasteiger partial charge on any atom is 0.407 e. The molecule has 1 saturated carbocycles. The molecule has 33 heavy (non-hydrogen) atoms. The fraction of sp³-hybridized carbons (Fsp3) is 0.423. The van der Waals surface area contributed by atoms with Crippen LogP contribution in [-0.2, 0) is 14.3 Å². The number of ether oxygens (including phenoxy) is 1. The first-order valence-corrected chi connectivity index (χ1v) is 11.5. The molecule has 7 nitrogen and oxygen atoms in total. The first-order chi connectivity index (χ1) is 15.9. The fourth-order valence-electron chi connectivity index (χ4n) is 4.70. The Morgan fingerprint density at radius 1 is 0.970 bits per heavy atom. The third-order valence-corrected chi connectivity index (χ3v) is 6.75. The van der Waals surface area contributed by atoms with E-state index < -0.39 is 30.1 Å². The van der Waals surface area contributed by atoms with Crippen molar-refractivity contribution in [3.63, 3.8) is 0 Å². The summed E-state index contributed by atoms with van der Waals surface area (Å²) in [6.45, 7) is 3.74. The summed E-state index contributed by atoms with van der Waals surface area (Å²) < 4.78 is 5.56. The SMILES string of the molecule is CC(C)[C@H](NC(=O)OCC1c2ccccc2-c2ccccc21)C(=O)NC(C(=O)O)C1CCC1. The smallest absolute Gasteiger partial charge is 0.407 e. The van der Waals surface area contributed by atoms with Crippen molar-refractivity contribution < 1.29 is 24.2 Å². The molecule has 0 spiro atoms. The fourth-order valence-corrected chi connectivity index (χ4v) is 4.70. The summed E-state index contributed by atoms with van der Waals surface area (Å²) in [5, 5.41) is 14.8. The number of alkyl carbamates (subject to hydrolysis) is 1. The Balaban J connectivity index is 1.40. The third-order valence-electron chi connectivity index (χ3n) is 6.75. The van der Waals surface area contributed by atoms with Crippen LogP contribution in [0.1, 0.15) is 50.2 Å². The summed E-state index contributed by atoms with van der Waals surface area (Å²) in [7, 11) is 0. The van der Waals surface area contributed by atoms with Crippen molar-refractivity contribution in [2.24, 2.45) is 11.8 Å². The molecule has 2 amide bonds. The van der Waals surface area contributed by atoms with Gasteiger partial charge in [0.05, 0.1) is 0 Å².